The number of amides is 1. The fourth-order valence-electron chi connectivity index (χ4n) is 4.43. The van der Waals surface area contributed by atoms with Crippen LogP contribution in [-0.4, -0.2) is 47.3 Å². The number of carboxylic acid groups (broad SMARTS) is 1. The zero-order valence-corrected chi connectivity index (χ0v) is 19.6. The maximum absolute atomic E-state index is 13.2. The second-order valence-corrected chi connectivity index (χ2v) is 9.39. The Morgan fingerprint density at radius 3 is 2.88 bits per heavy atom. The zero-order chi connectivity index (χ0) is 24.1. The van der Waals surface area contributed by atoms with Gasteiger partial charge in [-0.25, -0.2) is 14.2 Å². The lowest BCUT2D eigenvalue weighted by atomic mass is 9.79. The molecule has 34 heavy (non-hydrogen) atoms. The topological polar surface area (TPSA) is 101 Å². The molecule has 1 amide bonds. The molecule has 2 aromatic rings. The number of anilines is 1. The molecule has 1 atom stereocenters. The Bertz CT molecular complexity index is 1040. The fourth-order valence-corrected chi connectivity index (χ4v) is 4.68. The highest BCUT2D eigenvalue weighted by molar-refractivity contribution is 6.33. The molecule has 7 nitrogen and oxygen atoms in total. The number of fused-ring (bicyclic) bond motifs is 1. The molecule has 0 unspecified atom stereocenters. The minimum atomic E-state index is -1.16. The van der Waals surface area contributed by atoms with Crippen molar-refractivity contribution >= 4 is 29.3 Å². The molecule has 0 bridgehead atoms. The number of halogens is 2. The van der Waals surface area contributed by atoms with E-state index in [2.05, 4.69) is 22.8 Å². The van der Waals surface area contributed by atoms with E-state index in [9.17, 15) is 19.1 Å². The van der Waals surface area contributed by atoms with Gasteiger partial charge in [0.25, 0.3) is 5.91 Å². The quantitative estimate of drug-likeness (QED) is 0.461. The summed E-state index contributed by atoms with van der Waals surface area (Å²) in [5, 5.41) is 15.2. The van der Waals surface area contributed by atoms with E-state index in [-0.39, 0.29) is 29.7 Å². The van der Waals surface area contributed by atoms with Crippen molar-refractivity contribution in [3.63, 3.8) is 0 Å². The normalized spacial score (nSPS) is 19.9. The van der Waals surface area contributed by atoms with Gasteiger partial charge in [0.1, 0.15) is 17.7 Å². The van der Waals surface area contributed by atoms with Crippen molar-refractivity contribution in [3.05, 3.63) is 58.0 Å². The highest BCUT2D eigenvalue weighted by Gasteiger charge is 2.30. The van der Waals surface area contributed by atoms with Crippen molar-refractivity contribution in [3.8, 4) is 0 Å². The number of carbonyl (C=O) groups excluding carboxylic acids is 1. The van der Waals surface area contributed by atoms with E-state index in [0.29, 0.717) is 5.92 Å². The maximum atomic E-state index is 13.2. The number of nitrogens with zero attached hydrogens (tertiary/aromatic N) is 1. The van der Waals surface area contributed by atoms with Gasteiger partial charge in [0.2, 0.25) is 0 Å². The molecule has 1 saturated carbocycles. The lowest BCUT2D eigenvalue weighted by molar-refractivity contribution is -0.140. The van der Waals surface area contributed by atoms with E-state index in [1.807, 2.05) is 0 Å². The number of pyridine rings is 1. The first kappa shape index (κ1) is 24.4. The Balaban J connectivity index is 1.16. The number of carboxylic acids is 1. The Morgan fingerprint density at radius 2 is 2.12 bits per heavy atom. The summed E-state index contributed by atoms with van der Waals surface area (Å²) in [6, 6.07) is 6.53. The van der Waals surface area contributed by atoms with E-state index in [0.717, 1.165) is 68.7 Å². The van der Waals surface area contributed by atoms with Crippen molar-refractivity contribution in [2.45, 2.75) is 57.1 Å². The first-order valence-electron chi connectivity index (χ1n) is 11.7. The van der Waals surface area contributed by atoms with E-state index in [1.54, 1.807) is 0 Å². The molecule has 182 valence electrons. The van der Waals surface area contributed by atoms with Crippen LogP contribution in [0.2, 0.25) is 5.02 Å². The average molecular weight is 490 g/mol. The van der Waals surface area contributed by atoms with E-state index in [1.165, 1.54) is 11.6 Å². The molecule has 0 spiro atoms. The highest BCUT2D eigenvalue weighted by Crippen LogP contribution is 2.34. The van der Waals surface area contributed by atoms with Gasteiger partial charge in [-0.3, -0.25) is 4.79 Å². The molecule has 3 N–H and O–H groups in total. The van der Waals surface area contributed by atoms with Gasteiger partial charge in [0, 0.05) is 25.3 Å². The molecular weight excluding hydrogens is 461 g/mol. The third-order valence-corrected chi connectivity index (χ3v) is 6.80. The number of aryl methyl sites for hydroxylation is 2. The average Bonchev–Trinajstić information content (AvgIpc) is 2.78. The molecule has 1 aromatic carbocycles. The SMILES string of the molecule is O=C(N[C@@H](CCO[C@H]1C[C@H](CCc2ccc3c(n2)NCCC3)C1)C(=O)O)c1ccc(F)cc1Cl. The molecule has 1 fully saturated rings. The number of ether oxygens (including phenoxy) is 1. The number of hydrogen-bond acceptors (Lipinski definition) is 5. The number of rotatable bonds is 10. The number of hydrogen-bond donors (Lipinski definition) is 3. The molecule has 9 heteroatoms. The summed E-state index contributed by atoms with van der Waals surface area (Å²) >= 11 is 5.89. The Morgan fingerprint density at radius 1 is 1.29 bits per heavy atom. The number of aliphatic carboxylic acids is 1. The van der Waals surface area contributed by atoms with Gasteiger partial charge in [0.05, 0.1) is 16.7 Å². The van der Waals surface area contributed by atoms with Gasteiger partial charge in [-0.15, -0.1) is 0 Å². The van der Waals surface area contributed by atoms with Crippen LogP contribution in [-0.2, 0) is 22.4 Å². The van der Waals surface area contributed by atoms with E-state index < -0.39 is 23.7 Å². The minimum Gasteiger partial charge on any atom is -0.480 e. The Hall–Kier alpha value is -2.71. The smallest absolute Gasteiger partial charge is 0.326 e. The van der Waals surface area contributed by atoms with Crippen LogP contribution in [0.15, 0.2) is 30.3 Å². The summed E-state index contributed by atoms with van der Waals surface area (Å²) in [6.45, 7) is 1.21. The summed E-state index contributed by atoms with van der Waals surface area (Å²) < 4.78 is 19.0. The molecule has 1 aromatic heterocycles. The minimum absolute atomic E-state index is 0.0290. The summed E-state index contributed by atoms with van der Waals surface area (Å²) in [6.07, 6.45) is 6.36. The molecule has 2 heterocycles. The second kappa shape index (κ2) is 11.1. The largest absolute Gasteiger partial charge is 0.480 e. The zero-order valence-electron chi connectivity index (χ0n) is 18.9. The van der Waals surface area contributed by atoms with Gasteiger partial charge in [-0.05, 0) is 74.3 Å². The van der Waals surface area contributed by atoms with Gasteiger partial charge in [0.15, 0.2) is 0 Å². The van der Waals surface area contributed by atoms with Crippen molar-refractivity contribution < 1.29 is 23.8 Å². The highest BCUT2D eigenvalue weighted by atomic mass is 35.5. The van der Waals surface area contributed by atoms with Gasteiger partial charge < -0.3 is 20.5 Å². The molecule has 0 saturated heterocycles. The van der Waals surface area contributed by atoms with Crippen LogP contribution >= 0.6 is 11.6 Å². The summed E-state index contributed by atoms with van der Waals surface area (Å²) in [5.74, 6) is -0.785. The van der Waals surface area contributed by atoms with Gasteiger partial charge >= 0.3 is 5.97 Å². The number of carbonyl (C=O) groups is 2. The predicted molar refractivity (Wildman–Crippen MR) is 127 cm³/mol. The third kappa shape index (κ3) is 6.24. The molecule has 0 radical (unpaired) electrons. The van der Waals surface area contributed by atoms with Crippen LogP contribution in [0.1, 0.15) is 53.7 Å². The van der Waals surface area contributed by atoms with Crippen LogP contribution in [0.5, 0.6) is 0 Å². The monoisotopic (exact) mass is 489 g/mol. The number of aromatic nitrogens is 1. The molecule has 2 aliphatic rings. The van der Waals surface area contributed by atoms with Crippen LogP contribution in [0.3, 0.4) is 0 Å². The summed E-state index contributed by atoms with van der Waals surface area (Å²) in [5.41, 5.74) is 2.43. The van der Waals surface area contributed by atoms with Crippen molar-refractivity contribution in [1.82, 2.24) is 10.3 Å². The van der Waals surface area contributed by atoms with Gasteiger partial charge in [-0.2, -0.15) is 0 Å². The van der Waals surface area contributed by atoms with Crippen LogP contribution in [0.4, 0.5) is 10.2 Å². The van der Waals surface area contributed by atoms with Crippen LogP contribution in [0, 0.1) is 11.7 Å². The van der Waals surface area contributed by atoms with E-state index in [4.69, 9.17) is 21.3 Å². The van der Waals surface area contributed by atoms with Crippen molar-refractivity contribution in [2.75, 3.05) is 18.5 Å². The number of nitrogens with one attached hydrogen (secondary N) is 2. The number of benzene rings is 1. The lowest BCUT2D eigenvalue weighted by Crippen LogP contribution is -2.42. The van der Waals surface area contributed by atoms with Crippen LogP contribution in [0.25, 0.3) is 0 Å². The lowest BCUT2D eigenvalue weighted by Gasteiger charge is -2.35. The summed E-state index contributed by atoms with van der Waals surface area (Å²) in [4.78, 5) is 28.6. The molecule has 1 aliphatic carbocycles. The maximum Gasteiger partial charge on any atom is 0.326 e. The Labute approximate surface area is 203 Å². The standard InChI is InChI=1S/C25H29ClFN3O4/c26-21-14-17(27)5-8-20(21)24(31)30-22(25(32)33)9-11-34-19-12-15(13-19)3-6-18-7-4-16-2-1-10-28-23(16)29-18/h4-5,7-8,14-15,19,22H,1-3,6,9-13H2,(H,28,29)(H,30,31)(H,32,33)/t15-,19-,22-/m0/s1. The molecular formula is C25H29ClFN3O4. The van der Waals surface area contributed by atoms with Crippen LogP contribution < -0.4 is 10.6 Å². The predicted octanol–water partition coefficient (Wildman–Crippen LogP) is 4.23. The fraction of sp³-hybridized carbons (Fsp3) is 0.480. The first-order valence-corrected chi connectivity index (χ1v) is 12.1. The van der Waals surface area contributed by atoms with Crippen molar-refractivity contribution in [2.24, 2.45) is 5.92 Å². The first-order chi connectivity index (χ1) is 16.4. The molecule has 1 aliphatic heterocycles. The van der Waals surface area contributed by atoms with Crippen molar-refractivity contribution in [1.29, 1.82) is 0 Å². The second-order valence-electron chi connectivity index (χ2n) is 8.99. The summed E-state index contributed by atoms with van der Waals surface area (Å²) in [7, 11) is 0. The molecule has 4 rings (SSSR count). The van der Waals surface area contributed by atoms with Gasteiger partial charge in [-0.1, -0.05) is 17.7 Å². The third-order valence-electron chi connectivity index (χ3n) is 6.49. The van der Waals surface area contributed by atoms with E-state index >= 15 is 0 Å². The Kier molecular flexibility index (Phi) is 8.00.